The maximum absolute atomic E-state index is 16.2. The predicted octanol–water partition coefficient (Wildman–Crippen LogP) is 20.1. The summed E-state index contributed by atoms with van der Waals surface area (Å²) < 4.78 is 89.0. The van der Waals surface area contributed by atoms with Gasteiger partial charge in [0.15, 0.2) is 5.82 Å². The largest absolute Gasteiger partial charge is 0.461 e. The van der Waals surface area contributed by atoms with E-state index in [1.54, 1.807) is 11.3 Å². The lowest BCUT2D eigenvalue weighted by molar-refractivity contribution is -0.284. The number of esters is 1. The molecule has 0 aliphatic heterocycles. The van der Waals surface area contributed by atoms with E-state index >= 15 is 4.39 Å². The number of rotatable bonds is 23. The van der Waals surface area contributed by atoms with Gasteiger partial charge >= 0.3 is 18.1 Å². The fourth-order valence-electron chi connectivity index (χ4n) is 8.80. The number of carbonyl (C=O) groups excluding carboxylic acids is 1. The van der Waals surface area contributed by atoms with Crippen LogP contribution in [0.25, 0.3) is 60.9 Å². The maximum Gasteiger partial charge on any atom is 0.453 e. The normalized spacial score (nSPS) is 13.5. The number of carbonyl (C=O) groups is 1. The van der Waals surface area contributed by atoms with Crippen molar-refractivity contribution in [2.24, 2.45) is 11.8 Å². The molecule has 0 fully saturated rings. The fraction of sp³-hybridized carbons (Fsp3) is 0.510. The average molecular weight is 1010 g/mol. The van der Waals surface area contributed by atoms with Crippen LogP contribution in [0.15, 0.2) is 36.4 Å². The van der Waals surface area contributed by atoms with E-state index in [0.717, 1.165) is 51.7 Å². The van der Waals surface area contributed by atoms with Crippen LogP contribution in [0.1, 0.15) is 140 Å². The molecule has 0 saturated carbocycles. The number of hydrogen-bond donors (Lipinski definition) is 0. The van der Waals surface area contributed by atoms with E-state index in [4.69, 9.17) is 4.74 Å². The molecule has 7 rings (SSSR count). The van der Waals surface area contributed by atoms with Gasteiger partial charge in [0.2, 0.25) is 0 Å². The van der Waals surface area contributed by atoms with Gasteiger partial charge in [-0.1, -0.05) is 91.9 Å². The summed E-state index contributed by atoms with van der Waals surface area (Å²) in [4.78, 5) is 22.5. The van der Waals surface area contributed by atoms with Crippen molar-refractivity contribution in [1.82, 2.24) is 0 Å². The molecule has 0 amide bonds. The van der Waals surface area contributed by atoms with E-state index in [1.165, 1.54) is 106 Å². The van der Waals surface area contributed by atoms with Gasteiger partial charge in [0.25, 0.3) is 0 Å². The van der Waals surface area contributed by atoms with Crippen molar-refractivity contribution < 1.29 is 35.9 Å². The molecular formula is C51H58F6O2S6. The van der Waals surface area contributed by atoms with Crippen LogP contribution in [0.4, 0.5) is 26.3 Å². The molecule has 0 N–H and O–H groups in total. The zero-order valence-electron chi connectivity index (χ0n) is 38.0. The molecule has 0 bridgehead atoms. The Labute approximate surface area is 403 Å². The molecular weight excluding hydrogens is 951 g/mol. The van der Waals surface area contributed by atoms with Crippen LogP contribution in [-0.4, -0.2) is 24.7 Å². The van der Waals surface area contributed by atoms with E-state index in [0.29, 0.717) is 28.3 Å². The number of hydrogen-bond acceptors (Lipinski definition) is 8. The van der Waals surface area contributed by atoms with E-state index in [2.05, 4.69) is 71.0 Å². The Morgan fingerprint density at radius 1 is 0.646 bits per heavy atom. The quantitative estimate of drug-likeness (QED) is 0.0363. The molecule has 6 heterocycles. The zero-order chi connectivity index (χ0) is 46.6. The van der Waals surface area contributed by atoms with Gasteiger partial charge in [-0.3, -0.25) is 0 Å². The highest BCUT2D eigenvalue weighted by molar-refractivity contribution is 7.32. The lowest BCUT2D eigenvalue weighted by atomic mass is 9.95. The van der Waals surface area contributed by atoms with Crippen LogP contribution in [0.2, 0.25) is 0 Å². The molecule has 2 unspecified atom stereocenters. The second kappa shape index (κ2) is 21.7. The molecule has 7 aromatic rings. The van der Waals surface area contributed by atoms with Crippen molar-refractivity contribution in [3.8, 4) is 30.6 Å². The third-order valence-corrected chi connectivity index (χ3v) is 19.6. The van der Waals surface area contributed by atoms with Crippen LogP contribution in [-0.2, 0) is 17.6 Å². The van der Waals surface area contributed by atoms with E-state index < -0.39 is 30.3 Å². The van der Waals surface area contributed by atoms with Crippen molar-refractivity contribution in [3.63, 3.8) is 0 Å². The first-order valence-electron chi connectivity index (χ1n) is 23.1. The topological polar surface area (TPSA) is 26.3 Å². The Morgan fingerprint density at radius 3 is 1.78 bits per heavy atom. The second-order valence-corrected chi connectivity index (χ2v) is 24.3. The number of benzene rings is 1. The molecule has 2 nitrogen and oxygen atoms in total. The summed E-state index contributed by atoms with van der Waals surface area (Å²) in [5, 5.41) is 2.86. The van der Waals surface area contributed by atoms with Gasteiger partial charge in [-0.05, 0) is 87.8 Å². The number of halogens is 6. The summed E-state index contributed by atoms with van der Waals surface area (Å²) in [5.41, 5.74) is 2.50. The third kappa shape index (κ3) is 11.1. The first-order chi connectivity index (χ1) is 31.1. The summed E-state index contributed by atoms with van der Waals surface area (Å²) in [6.45, 7) is 13.1. The lowest BCUT2D eigenvalue weighted by Crippen LogP contribution is -2.36. The van der Waals surface area contributed by atoms with E-state index in [1.807, 2.05) is 40.9 Å². The fourth-order valence-corrected chi connectivity index (χ4v) is 16.2. The van der Waals surface area contributed by atoms with Crippen LogP contribution >= 0.6 is 68.0 Å². The smallest absolute Gasteiger partial charge is 0.453 e. The van der Waals surface area contributed by atoms with Gasteiger partial charge in [-0.15, -0.1) is 68.0 Å². The molecule has 0 aliphatic rings. The summed E-state index contributed by atoms with van der Waals surface area (Å²) in [5.74, 6) is -4.84. The Bertz CT molecular complexity index is 2590. The second-order valence-electron chi connectivity index (χ2n) is 17.4. The van der Waals surface area contributed by atoms with Gasteiger partial charge in [-0.25, -0.2) is 9.18 Å². The number of alkyl halides is 5. The number of ether oxygens (including phenoxy) is 1. The minimum absolute atomic E-state index is 0.0897. The predicted molar refractivity (Wildman–Crippen MR) is 270 cm³/mol. The van der Waals surface area contributed by atoms with Gasteiger partial charge < -0.3 is 4.74 Å². The van der Waals surface area contributed by atoms with Crippen molar-refractivity contribution in [1.29, 1.82) is 0 Å². The first kappa shape index (κ1) is 50.1. The zero-order valence-corrected chi connectivity index (χ0v) is 42.9. The minimum atomic E-state index is -5.57. The highest BCUT2D eigenvalue weighted by Gasteiger charge is 2.56. The number of fused-ring (bicyclic) bond motifs is 3. The van der Waals surface area contributed by atoms with Gasteiger partial charge in [0, 0.05) is 77.2 Å². The monoisotopic (exact) mass is 1010 g/mol. The highest BCUT2D eigenvalue weighted by Crippen LogP contribution is 2.55. The number of aryl methyl sites for hydroxylation is 2. The third-order valence-electron chi connectivity index (χ3n) is 12.6. The van der Waals surface area contributed by atoms with E-state index in [-0.39, 0.29) is 30.7 Å². The van der Waals surface area contributed by atoms with Crippen LogP contribution in [0.5, 0.6) is 0 Å². The van der Waals surface area contributed by atoms with Gasteiger partial charge in [0.1, 0.15) is 4.88 Å². The molecule has 352 valence electrons. The standard InChI is InChI=1S/C51H58F6O2S6/c1-7-11-17-31(9-3)26-33-19-21-37(62-33)41-35-25-29(5)60-44(35)42(38-22-20-34(63-38)27-32(10-4)18-12-8-2)36-28-39(64-45(36)41)46-47-40(30(6)61-46)43(52)48(65-47)49(58)59-24-16-14-13-15-23-50(53,54)51(55,56)57/h19-22,25,28,31-32H,7-18,23-24,26-27H2,1-6H3. The first-order valence-corrected chi connectivity index (χ1v) is 28.0. The maximum atomic E-state index is 16.2. The molecule has 0 radical (unpaired) electrons. The van der Waals surface area contributed by atoms with Crippen molar-refractivity contribution in [2.75, 3.05) is 6.61 Å². The summed E-state index contributed by atoms with van der Waals surface area (Å²) >= 11 is 10.0. The molecule has 14 heteroatoms. The molecule has 0 saturated heterocycles. The number of thiophene rings is 6. The SMILES string of the molecule is CCCCC(CC)Cc1ccc(-c2c3cc(-c4sc(C)c5c(F)c(C(=O)OCCCCCCC(F)(F)C(F)(F)F)sc45)sc3c(-c3ccc(CC(CC)CCCC)s3)c3cc(C)sc23)s1. The Morgan fingerprint density at radius 2 is 1.22 bits per heavy atom. The van der Waals surface area contributed by atoms with Crippen molar-refractivity contribution >= 4 is 104 Å². The van der Waals surface area contributed by atoms with Crippen molar-refractivity contribution in [3.05, 3.63) is 66.6 Å². The molecule has 2 atom stereocenters. The Kier molecular flexibility index (Phi) is 16.7. The molecule has 0 spiro atoms. The van der Waals surface area contributed by atoms with Crippen molar-refractivity contribution in [2.45, 2.75) is 150 Å². The highest BCUT2D eigenvalue weighted by atomic mass is 32.1. The average Bonchev–Trinajstić information content (AvgIpc) is 4.13. The van der Waals surface area contributed by atoms with Gasteiger partial charge in [-0.2, -0.15) is 22.0 Å². The van der Waals surface area contributed by atoms with Crippen LogP contribution in [0.3, 0.4) is 0 Å². The number of unbranched alkanes of at least 4 members (excludes halogenated alkanes) is 5. The van der Waals surface area contributed by atoms with E-state index in [9.17, 15) is 26.7 Å². The van der Waals surface area contributed by atoms with Crippen LogP contribution in [0, 0.1) is 31.5 Å². The Balaban J connectivity index is 1.25. The molecule has 6 aromatic heterocycles. The molecule has 65 heavy (non-hydrogen) atoms. The Hall–Kier alpha value is -2.75. The summed E-state index contributed by atoms with van der Waals surface area (Å²) in [6.07, 6.45) is 5.38. The lowest BCUT2D eigenvalue weighted by Gasteiger charge is -2.19. The summed E-state index contributed by atoms with van der Waals surface area (Å²) in [6, 6.07) is 13.9. The summed E-state index contributed by atoms with van der Waals surface area (Å²) in [7, 11) is 0. The minimum Gasteiger partial charge on any atom is -0.461 e. The van der Waals surface area contributed by atoms with Crippen LogP contribution < -0.4 is 0 Å². The molecule has 1 aromatic carbocycles. The van der Waals surface area contributed by atoms with Gasteiger partial charge in [0.05, 0.1) is 16.2 Å². The molecule has 0 aliphatic carbocycles.